The zero-order chi connectivity index (χ0) is 50.8. The molecular formula is C59H113N2O7P. The number of phosphoric ester groups is 1. The first-order valence-corrected chi connectivity index (χ1v) is 30.8. The van der Waals surface area contributed by atoms with Crippen LogP contribution in [0.5, 0.6) is 0 Å². The lowest BCUT2D eigenvalue weighted by atomic mass is 10.0. The third kappa shape index (κ3) is 51.0. The minimum atomic E-state index is -4.69. The number of ether oxygens (including phenoxy) is 1. The second-order valence-corrected chi connectivity index (χ2v) is 22.6. The number of hydrogen-bond donors (Lipinski definition) is 1. The summed E-state index contributed by atoms with van der Waals surface area (Å²) in [6.45, 7) is 6.81. The molecule has 0 saturated heterocycles. The molecule has 0 aromatic rings. The van der Waals surface area contributed by atoms with Crippen molar-refractivity contribution in [3.63, 3.8) is 0 Å². The highest BCUT2D eigenvalue weighted by Gasteiger charge is 2.27. The van der Waals surface area contributed by atoms with Crippen molar-refractivity contribution in [1.82, 2.24) is 5.32 Å². The summed E-state index contributed by atoms with van der Waals surface area (Å²) >= 11 is 0. The molecule has 0 heterocycles. The van der Waals surface area contributed by atoms with Gasteiger partial charge in [-0.05, 0) is 76.7 Å². The van der Waals surface area contributed by atoms with Gasteiger partial charge >= 0.3 is 5.97 Å². The number of amides is 1. The van der Waals surface area contributed by atoms with Gasteiger partial charge in [-0.15, -0.1) is 0 Å². The summed E-state index contributed by atoms with van der Waals surface area (Å²) in [5.74, 6) is -0.547. The molecule has 1 N–H and O–H groups in total. The molecule has 0 radical (unpaired) electrons. The van der Waals surface area contributed by atoms with Gasteiger partial charge in [-0.3, -0.25) is 14.2 Å². The number of nitrogens with zero attached hydrogens (tertiary/aromatic N) is 1. The number of phosphoric acid groups is 1. The Hall–Kier alpha value is -1.77. The van der Waals surface area contributed by atoms with E-state index in [2.05, 4.69) is 50.4 Å². The monoisotopic (exact) mass is 993 g/mol. The Labute approximate surface area is 427 Å². The number of quaternary nitrogens is 1. The fraction of sp³-hybridized carbons (Fsp3) is 0.864. The summed E-state index contributed by atoms with van der Waals surface area (Å²) in [5.41, 5.74) is 0. The predicted octanol–water partition coefficient (Wildman–Crippen LogP) is 16.9. The van der Waals surface area contributed by atoms with Crippen molar-refractivity contribution < 1.29 is 37.3 Å². The number of carbonyl (C=O) groups is 2. The van der Waals surface area contributed by atoms with Gasteiger partial charge in [-0.2, -0.15) is 0 Å². The first-order chi connectivity index (χ1) is 33.4. The van der Waals surface area contributed by atoms with E-state index in [4.69, 9.17) is 13.8 Å². The fourth-order valence-corrected chi connectivity index (χ4v) is 9.16. The third-order valence-electron chi connectivity index (χ3n) is 13.0. The molecule has 3 atom stereocenters. The quantitative estimate of drug-likeness (QED) is 0.0212. The normalized spacial score (nSPS) is 14.0. The van der Waals surface area contributed by atoms with Crippen LogP contribution in [0.25, 0.3) is 0 Å². The lowest BCUT2D eigenvalue weighted by Crippen LogP contribution is -2.47. The fourth-order valence-electron chi connectivity index (χ4n) is 8.44. The first kappa shape index (κ1) is 67.2. The molecule has 10 heteroatoms. The summed E-state index contributed by atoms with van der Waals surface area (Å²) < 4.78 is 30.2. The van der Waals surface area contributed by atoms with Gasteiger partial charge < -0.3 is 28.5 Å². The summed E-state index contributed by atoms with van der Waals surface area (Å²) in [4.78, 5) is 39.8. The first-order valence-electron chi connectivity index (χ1n) is 29.3. The van der Waals surface area contributed by atoms with E-state index in [1.165, 1.54) is 161 Å². The van der Waals surface area contributed by atoms with Crippen LogP contribution in [0.1, 0.15) is 278 Å². The minimum absolute atomic E-state index is 0.0226. The molecule has 1 amide bonds. The van der Waals surface area contributed by atoms with E-state index >= 15 is 0 Å². The van der Waals surface area contributed by atoms with Crippen molar-refractivity contribution in [2.45, 2.75) is 290 Å². The molecule has 69 heavy (non-hydrogen) atoms. The molecule has 0 saturated carbocycles. The van der Waals surface area contributed by atoms with Crippen LogP contribution in [0.2, 0.25) is 0 Å². The standard InChI is InChI=1S/C59H113N2O7P/c1-7-10-13-16-19-22-25-27-28-29-30-31-32-34-37-39-42-45-48-51-58(62)60-56(55-67-69(64,65)66-54-53-61(4,5)6)57(50-47-44-41-38-36-33-26-23-20-17-14-11-8-2)68-59(63)52-49-46-43-40-35-24-21-18-15-12-9-3/h18,21,27-28,47,50,56-57H,7-17,19-20,22-26,29-46,48-49,51-55H2,1-6H3,(H-,60,62,64,65)/b21-18-,28-27+,50-47+. The molecule has 0 aromatic carbocycles. The van der Waals surface area contributed by atoms with Crippen molar-refractivity contribution in [3.05, 3.63) is 36.5 Å². The predicted molar refractivity (Wildman–Crippen MR) is 293 cm³/mol. The maximum atomic E-state index is 13.5. The smallest absolute Gasteiger partial charge is 0.306 e. The van der Waals surface area contributed by atoms with Gasteiger partial charge in [0, 0.05) is 12.8 Å². The van der Waals surface area contributed by atoms with Gasteiger partial charge in [-0.25, -0.2) is 0 Å². The average molecular weight is 994 g/mol. The largest absolute Gasteiger partial charge is 0.756 e. The molecule has 0 fully saturated rings. The minimum Gasteiger partial charge on any atom is -0.756 e. The van der Waals surface area contributed by atoms with E-state index in [0.717, 1.165) is 83.5 Å². The number of nitrogens with one attached hydrogen (secondary N) is 1. The van der Waals surface area contributed by atoms with Crippen LogP contribution in [-0.4, -0.2) is 69.4 Å². The number of rotatable bonds is 53. The van der Waals surface area contributed by atoms with Crippen molar-refractivity contribution in [3.8, 4) is 0 Å². The van der Waals surface area contributed by atoms with E-state index in [1.54, 1.807) is 0 Å². The topological polar surface area (TPSA) is 114 Å². The van der Waals surface area contributed by atoms with E-state index in [1.807, 2.05) is 33.3 Å². The number of allylic oxidation sites excluding steroid dienone is 5. The van der Waals surface area contributed by atoms with Crippen LogP contribution in [0, 0.1) is 0 Å². The van der Waals surface area contributed by atoms with Gasteiger partial charge in [0.2, 0.25) is 5.91 Å². The Balaban J connectivity index is 5.27. The number of carbonyl (C=O) groups excluding carboxylic acids is 2. The molecule has 406 valence electrons. The molecule has 0 aliphatic heterocycles. The van der Waals surface area contributed by atoms with Crippen LogP contribution in [0.15, 0.2) is 36.5 Å². The van der Waals surface area contributed by atoms with Crippen molar-refractivity contribution in [1.29, 1.82) is 0 Å². The molecule has 0 aliphatic rings. The van der Waals surface area contributed by atoms with E-state index < -0.39 is 20.0 Å². The Morgan fingerprint density at radius 3 is 1.28 bits per heavy atom. The van der Waals surface area contributed by atoms with Crippen LogP contribution in [0.4, 0.5) is 0 Å². The Morgan fingerprint density at radius 1 is 0.493 bits per heavy atom. The summed E-state index contributed by atoms with van der Waals surface area (Å²) in [6.07, 6.45) is 58.2. The summed E-state index contributed by atoms with van der Waals surface area (Å²) in [5, 5.41) is 3.02. The van der Waals surface area contributed by atoms with Gasteiger partial charge in [-0.1, -0.05) is 225 Å². The van der Waals surface area contributed by atoms with Gasteiger partial charge in [0.05, 0.1) is 33.8 Å². The maximum absolute atomic E-state index is 13.5. The molecule has 0 aromatic heterocycles. The highest BCUT2D eigenvalue weighted by molar-refractivity contribution is 7.45. The van der Waals surface area contributed by atoms with E-state index in [-0.39, 0.29) is 31.5 Å². The molecule has 0 bridgehead atoms. The Kier molecular flexibility index (Phi) is 48.5. The molecule has 0 rings (SSSR count). The van der Waals surface area contributed by atoms with Crippen molar-refractivity contribution >= 4 is 19.7 Å². The molecule has 3 unspecified atom stereocenters. The average Bonchev–Trinajstić information content (AvgIpc) is 3.31. The zero-order valence-corrected chi connectivity index (χ0v) is 47.2. The number of unbranched alkanes of at least 4 members (excludes halogenated alkanes) is 33. The van der Waals surface area contributed by atoms with E-state index in [0.29, 0.717) is 17.4 Å². The van der Waals surface area contributed by atoms with Gasteiger partial charge in [0.15, 0.2) is 0 Å². The second kappa shape index (κ2) is 49.8. The highest BCUT2D eigenvalue weighted by Crippen LogP contribution is 2.38. The summed E-state index contributed by atoms with van der Waals surface area (Å²) in [7, 11) is 1.18. The van der Waals surface area contributed by atoms with Crippen LogP contribution >= 0.6 is 7.82 Å². The zero-order valence-electron chi connectivity index (χ0n) is 46.3. The van der Waals surface area contributed by atoms with Crippen LogP contribution in [0.3, 0.4) is 0 Å². The lowest BCUT2D eigenvalue weighted by Gasteiger charge is -2.30. The SMILES string of the molecule is CCCC/C=C\CCCCCCCC(=O)OC(/C=C/CCCCCCCCCCCCC)C(COP(=O)([O-])OCC[N+](C)(C)C)NC(=O)CCCCCCCCCCC/C=C/CCCCCCCC. The van der Waals surface area contributed by atoms with Crippen LogP contribution < -0.4 is 10.2 Å². The van der Waals surface area contributed by atoms with Gasteiger partial charge in [0.1, 0.15) is 19.3 Å². The molecular weight excluding hydrogens is 880 g/mol. The lowest BCUT2D eigenvalue weighted by molar-refractivity contribution is -0.870. The third-order valence-corrected chi connectivity index (χ3v) is 14.0. The molecule has 0 spiro atoms. The molecule has 0 aliphatic carbocycles. The molecule has 9 nitrogen and oxygen atoms in total. The summed E-state index contributed by atoms with van der Waals surface area (Å²) in [6, 6.07) is -0.888. The van der Waals surface area contributed by atoms with Crippen molar-refractivity contribution in [2.75, 3.05) is 40.9 Å². The number of hydrogen-bond acceptors (Lipinski definition) is 7. The highest BCUT2D eigenvalue weighted by atomic mass is 31.2. The van der Waals surface area contributed by atoms with Gasteiger partial charge in [0.25, 0.3) is 7.82 Å². The Morgan fingerprint density at radius 2 is 0.855 bits per heavy atom. The number of esters is 1. The van der Waals surface area contributed by atoms with Crippen LogP contribution in [-0.2, 0) is 27.9 Å². The Bertz CT molecular complexity index is 1280. The van der Waals surface area contributed by atoms with E-state index in [9.17, 15) is 19.0 Å². The number of likely N-dealkylation sites (N-methyl/N-ethyl adjacent to an activating group) is 1. The maximum Gasteiger partial charge on any atom is 0.306 e. The van der Waals surface area contributed by atoms with Crippen molar-refractivity contribution in [2.24, 2.45) is 0 Å². The second-order valence-electron chi connectivity index (χ2n) is 21.1.